The zero-order valence-electron chi connectivity index (χ0n) is 42.6. The fourth-order valence-electron chi connectivity index (χ4n) is 9.46. The standard InChI is InChI=1S/C53H57N11O11/c1-33-14-19-63(46(65)13-17-54)29-42(33)61(5)48-38-16-21-64(49(38)57-31-56-48)51(67)58(2)23-24-60(4)52(68)71-30-34-7-10-37(11-8-34)74-50(66)55-18-22-59(3)53(69)75-47-40-28-62-20-15-36-26-44-45(73-32-72-44)27-39(36)41(62)25-35(40)9-12-43(47)70-6/h7-12,16,21,25-28,31,33,42H,13-15,18-20,22-24,29-30,32H2,1-6H3/p+1/t33-,42+/m0/s1. The highest BCUT2D eigenvalue weighted by Gasteiger charge is 2.34. The summed E-state index contributed by atoms with van der Waals surface area (Å²) in [6.45, 7) is 4.56. The van der Waals surface area contributed by atoms with Gasteiger partial charge in [-0.1, -0.05) is 19.1 Å². The van der Waals surface area contributed by atoms with E-state index in [-0.39, 0.29) is 81.4 Å². The number of aromatic nitrogens is 4. The molecule has 0 unspecified atom stereocenters. The summed E-state index contributed by atoms with van der Waals surface area (Å²) in [5, 5.41) is 13.9. The van der Waals surface area contributed by atoms with Crippen LogP contribution in [-0.4, -0.2) is 152 Å². The number of carbonyl (C=O) groups is 5. The van der Waals surface area contributed by atoms with E-state index < -0.39 is 18.3 Å². The van der Waals surface area contributed by atoms with Crippen LogP contribution in [0.3, 0.4) is 0 Å². The molecule has 3 aromatic heterocycles. The molecule has 390 valence electrons. The summed E-state index contributed by atoms with van der Waals surface area (Å²) in [6, 6.07) is 19.5. The molecule has 6 aromatic rings. The smallest absolute Gasteiger partial charge is 0.415 e. The van der Waals surface area contributed by atoms with Crippen molar-refractivity contribution in [2.45, 2.75) is 45.4 Å². The van der Waals surface area contributed by atoms with Crippen molar-refractivity contribution in [2.75, 3.05) is 86.3 Å². The minimum atomic E-state index is -0.732. The van der Waals surface area contributed by atoms with Gasteiger partial charge in [-0.25, -0.2) is 29.1 Å². The number of rotatable bonds is 14. The molecule has 5 amide bonds. The molecule has 3 aliphatic heterocycles. The number of carbonyl (C=O) groups excluding carboxylic acids is 5. The van der Waals surface area contributed by atoms with E-state index in [0.717, 1.165) is 35.2 Å². The number of anilines is 1. The van der Waals surface area contributed by atoms with Gasteiger partial charge in [0.1, 0.15) is 30.9 Å². The Morgan fingerprint density at radius 1 is 0.893 bits per heavy atom. The van der Waals surface area contributed by atoms with E-state index in [9.17, 15) is 24.0 Å². The van der Waals surface area contributed by atoms with Crippen molar-refractivity contribution in [3.8, 4) is 46.1 Å². The third-order valence-corrected chi connectivity index (χ3v) is 13.9. The summed E-state index contributed by atoms with van der Waals surface area (Å²) in [5.41, 5.74) is 4.28. The Labute approximate surface area is 432 Å². The number of piperidine rings is 1. The number of hydrogen-bond donors (Lipinski definition) is 1. The lowest BCUT2D eigenvalue weighted by Gasteiger charge is -2.42. The van der Waals surface area contributed by atoms with Gasteiger partial charge in [0.05, 0.1) is 35.6 Å². The number of likely N-dealkylation sites (N-methyl/N-ethyl adjacent to an activating group) is 4. The number of pyridine rings is 1. The number of amides is 5. The molecular formula is C53H58N11O11+. The molecular weight excluding hydrogens is 967 g/mol. The predicted octanol–water partition coefficient (Wildman–Crippen LogP) is 5.81. The van der Waals surface area contributed by atoms with Gasteiger partial charge < -0.3 is 58.2 Å². The first-order chi connectivity index (χ1) is 36.2. The zero-order chi connectivity index (χ0) is 52.9. The van der Waals surface area contributed by atoms with Gasteiger partial charge in [-0.2, -0.15) is 9.83 Å². The Morgan fingerprint density at radius 2 is 1.65 bits per heavy atom. The Balaban J connectivity index is 0.707. The molecule has 1 N–H and O–H groups in total. The molecule has 0 bridgehead atoms. The number of aryl methyl sites for hydroxylation is 2. The highest BCUT2D eigenvalue weighted by Crippen LogP contribution is 2.42. The lowest BCUT2D eigenvalue weighted by molar-refractivity contribution is -0.686. The van der Waals surface area contributed by atoms with Gasteiger partial charge in [-0.05, 0) is 71.3 Å². The van der Waals surface area contributed by atoms with Gasteiger partial charge in [-0.3, -0.25) is 9.36 Å². The van der Waals surface area contributed by atoms with Gasteiger partial charge in [0.15, 0.2) is 41.4 Å². The van der Waals surface area contributed by atoms with Crippen molar-refractivity contribution < 1.29 is 57.0 Å². The molecule has 0 spiro atoms. The summed E-state index contributed by atoms with van der Waals surface area (Å²) in [6.07, 6.45) is 4.43. The van der Waals surface area contributed by atoms with Crippen LogP contribution in [0.2, 0.25) is 0 Å². The van der Waals surface area contributed by atoms with Gasteiger partial charge in [-0.15, -0.1) is 0 Å². The first kappa shape index (κ1) is 51.0. The summed E-state index contributed by atoms with van der Waals surface area (Å²) >= 11 is 0. The molecule has 0 aliphatic carbocycles. The summed E-state index contributed by atoms with van der Waals surface area (Å²) < 4.78 is 37.3. The van der Waals surface area contributed by atoms with Crippen molar-refractivity contribution in [1.82, 2.24) is 39.5 Å². The maximum Gasteiger partial charge on any atom is 0.415 e. The molecule has 6 heterocycles. The van der Waals surface area contributed by atoms with E-state index in [1.165, 1.54) is 38.3 Å². The maximum absolute atomic E-state index is 13.7. The SMILES string of the molecule is COc1ccc2cc3[n+](cc2c1OC(=O)N(C)CCNC(=O)Oc1ccc(COC(=O)N(C)CCN(C)C(=O)n2ccc4c(N(C)[C@@H]5CN(C(=O)CC#N)CC[C@@H]5C)ncnc42)cc1)CCc1cc2c(cc1-3)OCO2. The molecule has 22 nitrogen and oxygen atoms in total. The number of fused-ring (bicyclic) bond motifs is 6. The van der Waals surface area contributed by atoms with Crippen LogP contribution >= 0.6 is 0 Å². The predicted molar refractivity (Wildman–Crippen MR) is 272 cm³/mol. The van der Waals surface area contributed by atoms with Crippen LogP contribution in [0.5, 0.6) is 28.7 Å². The summed E-state index contributed by atoms with van der Waals surface area (Å²) in [7, 11) is 8.18. The van der Waals surface area contributed by atoms with E-state index in [1.807, 2.05) is 42.4 Å². The fraction of sp³-hybridized carbons (Fsp3) is 0.377. The summed E-state index contributed by atoms with van der Waals surface area (Å²) in [5.74, 6) is 3.05. The number of likely N-dealkylation sites (tertiary alicyclic amines) is 1. The molecule has 2 atom stereocenters. The van der Waals surface area contributed by atoms with Gasteiger partial charge >= 0.3 is 24.3 Å². The topological polar surface area (TPSA) is 227 Å². The van der Waals surface area contributed by atoms with Crippen LogP contribution < -0.4 is 38.5 Å². The van der Waals surface area contributed by atoms with E-state index in [4.69, 9.17) is 33.7 Å². The molecule has 75 heavy (non-hydrogen) atoms. The number of ether oxygens (including phenoxy) is 6. The van der Waals surface area contributed by atoms with Crippen LogP contribution in [0.25, 0.3) is 33.1 Å². The molecule has 1 saturated heterocycles. The normalized spacial score (nSPS) is 15.2. The fourth-order valence-corrected chi connectivity index (χ4v) is 9.46. The first-order valence-electron chi connectivity index (χ1n) is 24.5. The van der Waals surface area contributed by atoms with Crippen molar-refractivity contribution in [3.05, 3.63) is 90.5 Å². The Hall–Kier alpha value is -8.87. The first-order valence-corrected chi connectivity index (χ1v) is 24.5. The van der Waals surface area contributed by atoms with Crippen LogP contribution in [0.15, 0.2) is 79.4 Å². The molecule has 1 fully saturated rings. The summed E-state index contributed by atoms with van der Waals surface area (Å²) in [4.78, 5) is 82.1. The third-order valence-electron chi connectivity index (χ3n) is 13.9. The highest BCUT2D eigenvalue weighted by molar-refractivity contribution is 5.95. The quantitative estimate of drug-likeness (QED) is 0.127. The second-order valence-corrected chi connectivity index (χ2v) is 18.7. The molecule has 3 aromatic carbocycles. The minimum Gasteiger partial charge on any atom is -0.493 e. The third kappa shape index (κ3) is 10.9. The average molecular weight is 1030 g/mol. The largest absolute Gasteiger partial charge is 0.493 e. The molecule has 0 radical (unpaired) electrons. The van der Waals surface area contributed by atoms with Crippen molar-refractivity contribution in [1.29, 1.82) is 5.26 Å². The molecule has 9 rings (SSSR count). The van der Waals surface area contributed by atoms with Crippen LogP contribution in [-0.2, 0) is 29.1 Å². The van der Waals surface area contributed by atoms with E-state index in [2.05, 4.69) is 32.8 Å². The van der Waals surface area contributed by atoms with E-state index in [1.54, 1.807) is 68.6 Å². The van der Waals surface area contributed by atoms with E-state index in [0.29, 0.717) is 58.9 Å². The monoisotopic (exact) mass is 1020 g/mol. The lowest BCUT2D eigenvalue weighted by atomic mass is 9.92. The average Bonchev–Trinajstić information content (AvgIpc) is 4.08. The number of nitrogens with one attached hydrogen (secondary N) is 1. The van der Waals surface area contributed by atoms with Crippen molar-refractivity contribution in [2.24, 2.45) is 5.92 Å². The maximum atomic E-state index is 13.7. The Morgan fingerprint density at radius 3 is 2.43 bits per heavy atom. The number of hydrogen-bond acceptors (Lipinski definition) is 15. The Kier molecular flexibility index (Phi) is 15.0. The zero-order valence-corrected chi connectivity index (χ0v) is 42.6. The molecule has 0 saturated carbocycles. The number of benzene rings is 3. The molecule has 22 heteroatoms. The van der Waals surface area contributed by atoms with Gasteiger partial charge in [0.2, 0.25) is 18.4 Å². The van der Waals surface area contributed by atoms with Crippen LogP contribution in [0.4, 0.5) is 25.0 Å². The van der Waals surface area contributed by atoms with Gasteiger partial charge in [0.25, 0.3) is 0 Å². The van der Waals surface area contributed by atoms with Crippen LogP contribution in [0.1, 0.15) is 30.9 Å². The number of nitrogens with zero attached hydrogens (tertiary/aromatic N) is 10. The van der Waals surface area contributed by atoms with Crippen LogP contribution in [0, 0.1) is 17.2 Å². The minimum absolute atomic E-state index is 0.0553. The van der Waals surface area contributed by atoms with Gasteiger partial charge in [0, 0.05) is 86.1 Å². The second-order valence-electron chi connectivity index (χ2n) is 18.7. The number of nitriles is 1. The lowest BCUT2D eigenvalue weighted by Crippen LogP contribution is -2.52. The Bertz CT molecular complexity index is 3210. The second kappa shape index (κ2) is 22.1. The molecule has 3 aliphatic rings. The van der Waals surface area contributed by atoms with Crippen molar-refractivity contribution >= 4 is 57.8 Å². The van der Waals surface area contributed by atoms with E-state index >= 15 is 0 Å². The number of methoxy groups -OCH3 is 1. The highest BCUT2D eigenvalue weighted by atomic mass is 16.7. The van der Waals surface area contributed by atoms with Crippen molar-refractivity contribution in [3.63, 3.8) is 0 Å².